The lowest BCUT2D eigenvalue weighted by Gasteiger charge is -1.95. The fourth-order valence-corrected chi connectivity index (χ4v) is 4.14. The van der Waals surface area contributed by atoms with Crippen LogP contribution in [0.4, 0.5) is 0 Å². The lowest BCUT2D eigenvalue weighted by atomic mass is 10.7. The van der Waals surface area contributed by atoms with E-state index in [0.29, 0.717) is 0 Å². The molecular weight excluding hydrogens is 222 g/mol. The van der Waals surface area contributed by atoms with Crippen molar-refractivity contribution in [2.75, 3.05) is 0 Å². The minimum atomic E-state index is -4.54. The average Bonchev–Trinajstić information content (AvgIpc) is 2.34. The van der Waals surface area contributed by atoms with Crippen molar-refractivity contribution in [3.8, 4) is 0 Å². The van der Waals surface area contributed by atoms with Crippen molar-refractivity contribution in [3.63, 3.8) is 0 Å². The molecule has 0 bridgehead atoms. The van der Waals surface area contributed by atoms with Crippen molar-refractivity contribution in [2.24, 2.45) is 5.14 Å². The molecule has 1 aromatic heterocycles. The Morgan fingerprint density at radius 2 is 1.83 bits per heavy atom. The van der Waals surface area contributed by atoms with Gasteiger partial charge in [-0.25, -0.2) is 13.6 Å². The number of rotatable bonds is 2. The maximum Gasteiger partial charge on any atom is 0.320 e. The van der Waals surface area contributed by atoms with Crippen LogP contribution in [0, 0.1) is 0 Å². The van der Waals surface area contributed by atoms with Crippen LogP contribution in [0.3, 0.4) is 0 Å². The van der Waals surface area contributed by atoms with Crippen LogP contribution >= 0.6 is 11.3 Å². The molecule has 2 N–H and O–H groups in total. The monoisotopic (exact) mass is 227 g/mol. The van der Waals surface area contributed by atoms with Crippen LogP contribution in [0.1, 0.15) is 0 Å². The molecule has 0 saturated carbocycles. The summed E-state index contributed by atoms with van der Waals surface area (Å²) in [6.07, 6.45) is 0. The second-order valence-corrected chi connectivity index (χ2v) is 8.13. The number of hydrogen-bond donors (Lipinski definition) is 1. The van der Waals surface area contributed by atoms with Crippen LogP contribution in [0.25, 0.3) is 0 Å². The van der Waals surface area contributed by atoms with Crippen LogP contribution in [0.5, 0.6) is 0 Å². The van der Waals surface area contributed by atoms with Crippen molar-refractivity contribution in [3.05, 3.63) is 17.5 Å². The predicted molar refractivity (Wildman–Crippen MR) is 44.6 cm³/mol. The van der Waals surface area contributed by atoms with E-state index in [1.807, 2.05) is 0 Å². The van der Waals surface area contributed by atoms with E-state index in [1.165, 1.54) is 17.5 Å². The Labute approximate surface area is 73.2 Å². The molecule has 1 aromatic rings. The fraction of sp³-hybridized carbons (Fsp3) is 0. The highest BCUT2D eigenvalue weighted by Crippen LogP contribution is 2.19. The molecule has 0 saturated heterocycles. The minimum Gasteiger partial charge on any atom is -0.215 e. The lowest BCUT2D eigenvalue weighted by Crippen LogP contribution is -2.22. The van der Waals surface area contributed by atoms with E-state index in [2.05, 4.69) is 5.14 Å². The van der Waals surface area contributed by atoms with Crippen molar-refractivity contribution >= 4 is 29.3 Å². The molecule has 1 heterocycles. The van der Waals surface area contributed by atoms with Gasteiger partial charge in [-0.1, -0.05) is 6.07 Å². The summed E-state index contributed by atoms with van der Waals surface area (Å²) < 4.78 is 42.9. The van der Waals surface area contributed by atoms with Gasteiger partial charge in [0.25, 0.3) is 0 Å². The van der Waals surface area contributed by atoms with Crippen LogP contribution in [-0.2, 0) is 17.9 Å². The summed E-state index contributed by atoms with van der Waals surface area (Å²) in [5.74, 6) is 0. The zero-order valence-corrected chi connectivity index (χ0v) is 8.12. The van der Waals surface area contributed by atoms with E-state index in [1.54, 1.807) is 0 Å². The summed E-state index contributed by atoms with van der Waals surface area (Å²) in [5, 5.41) is 5.95. The maximum absolute atomic E-state index is 11.0. The van der Waals surface area contributed by atoms with Crippen LogP contribution < -0.4 is 5.14 Å². The van der Waals surface area contributed by atoms with Gasteiger partial charge in [-0.05, 0) is 11.4 Å². The van der Waals surface area contributed by atoms with Crippen molar-refractivity contribution in [1.82, 2.24) is 0 Å². The lowest BCUT2D eigenvalue weighted by molar-refractivity contribution is 0.584. The van der Waals surface area contributed by atoms with E-state index in [-0.39, 0.29) is 4.21 Å². The maximum atomic E-state index is 11.0. The first-order valence-corrected chi connectivity index (χ1v) is 7.09. The Kier molecular flexibility index (Phi) is 2.25. The Balaban J connectivity index is 3.42. The molecule has 0 aliphatic rings. The second kappa shape index (κ2) is 2.80. The summed E-state index contributed by atoms with van der Waals surface area (Å²) in [7, 11) is -8.91. The molecule has 0 unspecified atom stereocenters. The zero-order chi connectivity index (χ0) is 9.41. The smallest absolute Gasteiger partial charge is 0.215 e. The first-order valence-electron chi connectivity index (χ1n) is 2.67. The van der Waals surface area contributed by atoms with E-state index >= 15 is 0 Å². The number of thiophene rings is 1. The summed E-state index contributed by atoms with van der Waals surface area (Å²) >= 11 is 0.810. The van der Waals surface area contributed by atoms with E-state index in [0.717, 1.165) is 11.3 Å². The summed E-state index contributed by atoms with van der Waals surface area (Å²) in [5.41, 5.74) is 0. The Hall–Kier alpha value is -0.440. The van der Waals surface area contributed by atoms with Gasteiger partial charge in [-0.15, -0.1) is 11.3 Å². The average molecular weight is 227 g/mol. The summed E-state index contributed by atoms with van der Waals surface area (Å²) in [6.45, 7) is 0. The first-order chi connectivity index (χ1) is 5.36. The van der Waals surface area contributed by atoms with Gasteiger partial charge < -0.3 is 0 Å². The molecular formula is C4H5NO4S3. The topological polar surface area (TPSA) is 94.3 Å². The van der Waals surface area contributed by atoms with Gasteiger partial charge in [0.15, 0.2) is 0 Å². The van der Waals surface area contributed by atoms with Gasteiger partial charge >= 0.3 is 17.9 Å². The Morgan fingerprint density at radius 3 is 2.17 bits per heavy atom. The van der Waals surface area contributed by atoms with Gasteiger partial charge in [0.2, 0.25) is 0 Å². The highest BCUT2D eigenvalue weighted by molar-refractivity contribution is 8.66. The van der Waals surface area contributed by atoms with Gasteiger partial charge in [0.1, 0.15) is 4.21 Å². The van der Waals surface area contributed by atoms with Gasteiger partial charge in [-0.3, -0.25) is 0 Å². The highest BCUT2D eigenvalue weighted by atomic mass is 33.2. The molecule has 0 fully saturated rings. The molecule has 0 spiro atoms. The molecule has 0 aliphatic heterocycles. The quantitative estimate of drug-likeness (QED) is 0.703. The van der Waals surface area contributed by atoms with Gasteiger partial charge in [0.05, 0.1) is 0 Å². The molecule has 68 valence electrons. The van der Waals surface area contributed by atoms with Crippen molar-refractivity contribution < 1.29 is 16.8 Å². The molecule has 0 aliphatic carbocycles. The number of hydrogen-bond acceptors (Lipinski definition) is 5. The van der Waals surface area contributed by atoms with Crippen LogP contribution in [0.2, 0.25) is 0 Å². The molecule has 8 heteroatoms. The molecule has 0 amide bonds. The normalized spacial score (nSPS) is 13.1. The highest BCUT2D eigenvalue weighted by Gasteiger charge is 2.28. The Bertz CT molecular complexity index is 454. The predicted octanol–water partition coefficient (Wildman–Crippen LogP) is -0.275. The summed E-state index contributed by atoms with van der Waals surface area (Å²) in [4.78, 5) is 0. The van der Waals surface area contributed by atoms with Crippen LogP contribution in [-0.4, -0.2) is 16.8 Å². The van der Waals surface area contributed by atoms with Gasteiger partial charge in [0, 0.05) is 0 Å². The number of nitrogens with two attached hydrogens (primary N) is 1. The fourth-order valence-electron chi connectivity index (χ4n) is 0.520. The molecule has 0 aromatic carbocycles. The zero-order valence-electron chi connectivity index (χ0n) is 5.67. The van der Waals surface area contributed by atoms with Gasteiger partial charge in [-0.2, -0.15) is 8.42 Å². The third kappa shape index (κ3) is 1.51. The SMILES string of the molecule is NS(=O)(=O)S(=O)(=O)c1cccs1. The van der Waals surface area contributed by atoms with Crippen LogP contribution in [0.15, 0.2) is 21.7 Å². The standard InChI is InChI=1S/C4H5NO4S3/c5-12(8,9)11(6,7)4-2-1-3-10-4/h1-3H,(H2,5,8,9). The second-order valence-electron chi connectivity index (χ2n) is 1.88. The molecule has 1 rings (SSSR count). The summed E-state index contributed by atoms with van der Waals surface area (Å²) in [6, 6.07) is 2.62. The molecule has 0 atom stereocenters. The van der Waals surface area contributed by atoms with Crippen molar-refractivity contribution in [1.29, 1.82) is 0 Å². The van der Waals surface area contributed by atoms with E-state index < -0.39 is 17.9 Å². The molecule has 0 radical (unpaired) electrons. The largest absolute Gasteiger partial charge is 0.320 e. The molecule has 12 heavy (non-hydrogen) atoms. The minimum absolute atomic E-state index is 0.259. The Morgan fingerprint density at radius 1 is 1.25 bits per heavy atom. The first kappa shape index (κ1) is 9.65. The van der Waals surface area contributed by atoms with Crippen molar-refractivity contribution in [2.45, 2.75) is 4.21 Å². The third-order valence-corrected chi connectivity index (χ3v) is 6.59. The van der Waals surface area contributed by atoms with E-state index in [4.69, 9.17) is 0 Å². The van der Waals surface area contributed by atoms with E-state index in [9.17, 15) is 16.8 Å². The molecule has 5 nitrogen and oxygen atoms in total. The third-order valence-electron chi connectivity index (χ3n) is 1.05.